The second-order valence-corrected chi connectivity index (χ2v) is 11.4. The topological polar surface area (TPSA) is 96.0 Å². The highest BCUT2D eigenvalue weighted by Crippen LogP contribution is 2.30. The minimum absolute atomic E-state index is 0.0938. The molecule has 1 unspecified atom stereocenters. The van der Waals surface area contributed by atoms with Crippen molar-refractivity contribution in [1.29, 1.82) is 0 Å². The number of nitrogens with one attached hydrogen (secondary N) is 1. The van der Waals surface area contributed by atoms with Gasteiger partial charge in [0, 0.05) is 12.6 Å². The van der Waals surface area contributed by atoms with Gasteiger partial charge < -0.3 is 15.0 Å². The molecule has 0 radical (unpaired) electrons. The fourth-order valence-electron chi connectivity index (χ4n) is 4.36. The summed E-state index contributed by atoms with van der Waals surface area (Å²) in [4.78, 5) is 28.2. The zero-order chi connectivity index (χ0) is 26.3. The van der Waals surface area contributed by atoms with Crippen molar-refractivity contribution in [2.75, 3.05) is 24.2 Å². The number of rotatable bonds is 10. The van der Waals surface area contributed by atoms with E-state index in [1.54, 1.807) is 13.0 Å². The van der Waals surface area contributed by atoms with Crippen molar-refractivity contribution in [3.63, 3.8) is 0 Å². The molecular formula is C26H34ClN3O5S. The van der Waals surface area contributed by atoms with Crippen molar-refractivity contribution in [2.24, 2.45) is 0 Å². The Balaban J connectivity index is 1.86. The molecule has 3 rings (SSSR count). The van der Waals surface area contributed by atoms with Crippen LogP contribution in [0.2, 0.25) is 5.02 Å². The van der Waals surface area contributed by atoms with E-state index in [1.165, 1.54) is 24.1 Å². The van der Waals surface area contributed by atoms with Crippen molar-refractivity contribution >= 4 is 39.1 Å². The van der Waals surface area contributed by atoms with Crippen LogP contribution in [0.1, 0.15) is 44.6 Å². The molecule has 1 N–H and O–H groups in total. The lowest BCUT2D eigenvalue weighted by Crippen LogP contribution is -2.52. The van der Waals surface area contributed by atoms with Crippen LogP contribution in [0, 0.1) is 0 Å². The van der Waals surface area contributed by atoms with Crippen molar-refractivity contribution < 1.29 is 22.7 Å². The smallest absolute Gasteiger partial charge is 0.244 e. The van der Waals surface area contributed by atoms with E-state index in [2.05, 4.69) is 5.32 Å². The number of carbonyl (C=O) groups excluding carboxylic acids is 2. The summed E-state index contributed by atoms with van der Waals surface area (Å²) in [7, 11) is -2.38. The normalized spacial score (nSPS) is 15.1. The van der Waals surface area contributed by atoms with Crippen LogP contribution >= 0.6 is 11.6 Å². The van der Waals surface area contributed by atoms with E-state index in [1.807, 2.05) is 30.3 Å². The van der Waals surface area contributed by atoms with E-state index in [-0.39, 0.29) is 29.2 Å². The van der Waals surface area contributed by atoms with Gasteiger partial charge in [0.15, 0.2) is 0 Å². The van der Waals surface area contributed by atoms with Crippen LogP contribution in [0.15, 0.2) is 48.5 Å². The number of benzene rings is 2. The predicted octanol–water partition coefficient (Wildman–Crippen LogP) is 3.98. The van der Waals surface area contributed by atoms with E-state index in [9.17, 15) is 18.0 Å². The molecule has 196 valence electrons. The first-order chi connectivity index (χ1) is 17.1. The number of halogens is 1. The molecule has 8 nitrogen and oxygen atoms in total. The zero-order valence-corrected chi connectivity index (χ0v) is 22.5. The molecule has 1 fully saturated rings. The average molecular weight is 536 g/mol. The minimum atomic E-state index is -3.84. The summed E-state index contributed by atoms with van der Waals surface area (Å²) in [5.74, 6) is -0.356. The number of hydrogen-bond donors (Lipinski definition) is 1. The van der Waals surface area contributed by atoms with Crippen LogP contribution in [0.5, 0.6) is 5.75 Å². The third kappa shape index (κ3) is 7.36. The highest BCUT2D eigenvalue weighted by Gasteiger charge is 2.31. The molecular weight excluding hydrogens is 502 g/mol. The fourth-order valence-corrected chi connectivity index (χ4v) is 5.45. The Morgan fingerprint density at radius 3 is 2.36 bits per heavy atom. The fraction of sp³-hybridized carbons (Fsp3) is 0.462. The van der Waals surface area contributed by atoms with Crippen LogP contribution in [-0.2, 0) is 26.2 Å². The molecule has 0 heterocycles. The molecule has 1 aliphatic carbocycles. The zero-order valence-electron chi connectivity index (χ0n) is 20.9. The van der Waals surface area contributed by atoms with E-state index >= 15 is 0 Å². The van der Waals surface area contributed by atoms with Crippen molar-refractivity contribution in [1.82, 2.24) is 10.2 Å². The Morgan fingerprint density at radius 1 is 1.11 bits per heavy atom. The molecule has 0 aliphatic heterocycles. The Kier molecular flexibility index (Phi) is 9.62. The van der Waals surface area contributed by atoms with Gasteiger partial charge in [0.2, 0.25) is 21.8 Å². The van der Waals surface area contributed by atoms with E-state index in [0.717, 1.165) is 48.2 Å². The summed E-state index contributed by atoms with van der Waals surface area (Å²) in [5, 5.41) is 3.30. The number of hydrogen-bond acceptors (Lipinski definition) is 5. The number of nitrogens with zero attached hydrogens (tertiary/aromatic N) is 2. The monoisotopic (exact) mass is 535 g/mol. The number of anilines is 1. The van der Waals surface area contributed by atoms with Gasteiger partial charge in [-0.1, -0.05) is 61.2 Å². The molecule has 0 saturated heterocycles. The Labute approximate surface area is 218 Å². The minimum Gasteiger partial charge on any atom is -0.495 e. The van der Waals surface area contributed by atoms with Gasteiger partial charge in [-0.2, -0.15) is 0 Å². The third-order valence-corrected chi connectivity index (χ3v) is 7.85. The number of ether oxygens (including phenoxy) is 1. The Hall–Kier alpha value is -2.78. The molecule has 1 aliphatic rings. The molecule has 1 saturated carbocycles. The number of carbonyl (C=O) groups is 2. The van der Waals surface area contributed by atoms with Gasteiger partial charge in [0.1, 0.15) is 18.3 Å². The quantitative estimate of drug-likeness (QED) is 0.496. The summed E-state index contributed by atoms with van der Waals surface area (Å²) < 4.78 is 31.5. The van der Waals surface area contributed by atoms with Gasteiger partial charge in [-0.05, 0) is 43.5 Å². The van der Waals surface area contributed by atoms with E-state index < -0.39 is 28.5 Å². The molecule has 10 heteroatoms. The van der Waals surface area contributed by atoms with Crippen LogP contribution in [0.4, 0.5) is 5.69 Å². The largest absolute Gasteiger partial charge is 0.495 e. The molecule has 2 aromatic carbocycles. The second kappa shape index (κ2) is 12.5. The van der Waals surface area contributed by atoms with Crippen LogP contribution in [0.3, 0.4) is 0 Å². The molecule has 1 atom stereocenters. The molecule has 0 spiro atoms. The first-order valence-corrected chi connectivity index (χ1v) is 14.3. The van der Waals surface area contributed by atoms with Gasteiger partial charge in [-0.15, -0.1) is 0 Å². The number of sulfonamides is 1. The third-order valence-electron chi connectivity index (χ3n) is 6.42. The maximum atomic E-state index is 13.6. The Morgan fingerprint density at radius 2 is 1.78 bits per heavy atom. The van der Waals surface area contributed by atoms with Gasteiger partial charge in [-0.3, -0.25) is 13.9 Å². The Bertz CT molecular complexity index is 1150. The lowest BCUT2D eigenvalue weighted by Gasteiger charge is -2.33. The SMILES string of the molecule is COc1ccc(N(CC(=O)N(Cc2ccccc2)C(C)C(=O)NC2CCCCC2)S(C)(=O)=O)cc1Cl. The van der Waals surface area contributed by atoms with Gasteiger partial charge in [0.05, 0.1) is 24.1 Å². The van der Waals surface area contributed by atoms with Gasteiger partial charge in [-0.25, -0.2) is 8.42 Å². The highest BCUT2D eigenvalue weighted by atomic mass is 35.5. The summed E-state index contributed by atoms with van der Waals surface area (Å²) >= 11 is 6.22. The molecule has 2 amide bonds. The van der Waals surface area contributed by atoms with Crippen molar-refractivity contribution in [2.45, 2.75) is 57.7 Å². The van der Waals surface area contributed by atoms with Gasteiger partial charge in [0.25, 0.3) is 0 Å². The molecule has 36 heavy (non-hydrogen) atoms. The number of amides is 2. The summed E-state index contributed by atoms with van der Waals surface area (Å²) in [5.41, 5.74) is 1.07. The van der Waals surface area contributed by atoms with Crippen LogP contribution in [0.25, 0.3) is 0 Å². The number of methoxy groups -OCH3 is 1. The van der Waals surface area contributed by atoms with Crippen molar-refractivity contribution in [3.8, 4) is 5.75 Å². The first kappa shape index (κ1) is 27.8. The summed E-state index contributed by atoms with van der Waals surface area (Å²) in [6.07, 6.45) is 6.17. The van der Waals surface area contributed by atoms with Gasteiger partial charge >= 0.3 is 0 Å². The standard InChI is InChI=1S/C26H34ClN3O5S/c1-19(26(32)28-21-12-8-5-9-13-21)29(17-20-10-6-4-7-11-20)25(31)18-30(36(3,33)34)22-14-15-24(35-2)23(27)16-22/h4,6-7,10-11,14-16,19,21H,5,8-9,12-13,17-18H2,1-3H3,(H,28,32). The molecule has 2 aromatic rings. The van der Waals surface area contributed by atoms with Crippen LogP contribution in [-0.4, -0.2) is 57.1 Å². The summed E-state index contributed by atoms with van der Waals surface area (Å²) in [6.45, 7) is 1.36. The highest BCUT2D eigenvalue weighted by molar-refractivity contribution is 7.92. The molecule has 0 bridgehead atoms. The van der Waals surface area contributed by atoms with E-state index in [0.29, 0.717) is 5.75 Å². The average Bonchev–Trinajstić information content (AvgIpc) is 2.85. The maximum Gasteiger partial charge on any atom is 0.244 e. The van der Waals surface area contributed by atoms with Crippen LogP contribution < -0.4 is 14.4 Å². The molecule has 0 aromatic heterocycles. The van der Waals surface area contributed by atoms with E-state index in [4.69, 9.17) is 16.3 Å². The predicted molar refractivity (Wildman–Crippen MR) is 142 cm³/mol. The lowest BCUT2D eigenvalue weighted by atomic mass is 9.95. The second-order valence-electron chi connectivity index (χ2n) is 9.12. The summed E-state index contributed by atoms with van der Waals surface area (Å²) in [6, 6.07) is 13.1. The maximum absolute atomic E-state index is 13.6. The lowest BCUT2D eigenvalue weighted by molar-refractivity contribution is -0.139. The first-order valence-electron chi connectivity index (χ1n) is 12.0. The van der Waals surface area contributed by atoms with Crippen molar-refractivity contribution in [3.05, 3.63) is 59.1 Å².